The first-order valence-electron chi connectivity index (χ1n) is 4.52. The van der Waals surface area contributed by atoms with Gasteiger partial charge in [0, 0.05) is 5.56 Å². The summed E-state index contributed by atoms with van der Waals surface area (Å²) in [6.07, 6.45) is -4.72. The molecule has 0 N–H and O–H groups in total. The third-order valence-corrected chi connectivity index (χ3v) is 2.62. The Hall–Kier alpha value is -1.35. The molecule has 0 bridgehead atoms. The number of carbonyl (C=O) groups is 1. The first kappa shape index (κ1) is 13.7. The molecule has 17 heavy (non-hydrogen) atoms. The molecule has 0 spiro atoms. The van der Waals surface area contributed by atoms with Gasteiger partial charge in [-0.25, -0.2) is 0 Å². The smallest absolute Gasteiger partial charge is 0.293 e. The van der Waals surface area contributed by atoms with Crippen LogP contribution in [0.3, 0.4) is 0 Å². The summed E-state index contributed by atoms with van der Waals surface area (Å²) < 4.78 is 38.4. The Morgan fingerprint density at radius 1 is 1.47 bits per heavy atom. The van der Waals surface area contributed by atoms with Gasteiger partial charge in [0.05, 0.1) is 22.5 Å². The molecule has 0 aliphatic heterocycles. The van der Waals surface area contributed by atoms with Crippen molar-refractivity contribution in [2.75, 3.05) is 5.33 Å². The zero-order chi connectivity index (χ0) is 13.2. The monoisotopic (exact) mass is 305 g/mol. The molecule has 0 aliphatic carbocycles. The molecule has 0 aromatic heterocycles. The molecule has 90 valence electrons. The Kier molecular flexibility index (Phi) is 3.94. The molecular weight excluding hydrogens is 299 g/mol. The summed E-state index contributed by atoms with van der Waals surface area (Å²) in [5.41, 5.74) is -1.71. The number of hydrogen-bond donors (Lipinski definition) is 0. The normalized spacial score (nSPS) is 11.1. The summed E-state index contributed by atoms with van der Waals surface area (Å²) in [6.45, 7) is 1.53. The fraction of sp³-hybridized carbons (Fsp3) is 0.273. The Balaban J connectivity index is 3.63. The second-order valence-electron chi connectivity index (χ2n) is 3.40. The molecule has 0 heterocycles. The molecular formula is C11H7BrF3NO. The van der Waals surface area contributed by atoms with Crippen molar-refractivity contribution in [3.05, 3.63) is 34.4 Å². The van der Waals surface area contributed by atoms with Gasteiger partial charge in [-0.05, 0) is 24.6 Å². The predicted octanol–water partition coefficient (Wildman–Crippen LogP) is 3.46. The number of rotatable bonds is 2. The van der Waals surface area contributed by atoms with E-state index < -0.39 is 28.6 Å². The second kappa shape index (κ2) is 4.88. The minimum Gasteiger partial charge on any atom is -0.293 e. The van der Waals surface area contributed by atoms with Gasteiger partial charge >= 0.3 is 6.18 Å². The Morgan fingerprint density at radius 2 is 2.06 bits per heavy atom. The predicted molar refractivity (Wildman–Crippen MR) is 59.0 cm³/mol. The molecule has 0 atom stereocenters. The average Bonchev–Trinajstić information content (AvgIpc) is 2.24. The number of carbonyl (C=O) groups excluding carboxylic acids is 1. The molecule has 0 aliphatic rings. The minimum absolute atomic E-state index is 0.218. The lowest BCUT2D eigenvalue weighted by Crippen LogP contribution is -2.16. The van der Waals surface area contributed by atoms with Crippen LogP contribution >= 0.6 is 15.9 Å². The second-order valence-corrected chi connectivity index (χ2v) is 3.96. The van der Waals surface area contributed by atoms with E-state index in [1.807, 2.05) is 0 Å². The van der Waals surface area contributed by atoms with E-state index in [1.165, 1.54) is 13.0 Å². The van der Waals surface area contributed by atoms with Crippen molar-refractivity contribution in [1.29, 1.82) is 5.26 Å². The van der Waals surface area contributed by atoms with Crippen LogP contribution in [-0.2, 0) is 6.18 Å². The highest BCUT2D eigenvalue weighted by molar-refractivity contribution is 9.09. The van der Waals surface area contributed by atoms with Crippen molar-refractivity contribution in [1.82, 2.24) is 0 Å². The van der Waals surface area contributed by atoms with Gasteiger partial charge in [0.15, 0.2) is 5.78 Å². The van der Waals surface area contributed by atoms with Crippen LogP contribution in [0.4, 0.5) is 13.2 Å². The highest BCUT2D eigenvalue weighted by Crippen LogP contribution is 2.35. The van der Waals surface area contributed by atoms with Crippen LogP contribution in [0.2, 0.25) is 0 Å². The fourth-order valence-corrected chi connectivity index (χ4v) is 1.77. The zero-order valence-corrected chi connectivity index (χ0v) is 10.3. The van der Waals surface area contributed by atoms with Crippen molar-refractivity contribution in [3.8, 4) is 6.07 Å². The van der Waals surface area contributed by atoms with Crippen molar-refractivity contribution < 1.29 is 18.0 Å². The Morgan fingerprint density at radius 3 is 2.47 bits per heavy atom. The molecule has 0 radical (unpaired) electrons. The number of aryl methyl sites for hydroxylation is 1. The number of Topliss-reactive ketones (excluding diaryl/α,β-unsaturated/α-hetero) is 1. The van der Waals surface area contributed by atoms with Crippen LogP contribution in [0, 0.1) is 18.3 Å². The third kappa shape index (κ3) is 2.86. The molecule has 2 nitrogen and oxygen atoms in total. The van der Waals surface area contributed by atoms with Gasteiger partial charge in [-0.2, -0.15) is 18.4 Å². The van der Waals surface area contributed by atoms with E-state index in [0.717, 1.165) is 12.1 Å². The van der Waals surface area contributed by atoms with Gasteiger partial charge in [-0.15, -0.1) is 0 Å². The van der Waals surface area contributed by atoms with Gasteiger partial charge in [0.25, 0.3) is 0 Å². The SMILES string of the molecule is Cc1cc(C#N)c(C(F)(F)F)c(C(=O)CBr)c1. The van der Waals surface area contributed by atoms with Crippen LogP contribution in [0.15, 0.2) is 12.1 Å². The Labute approximate surface area is 104 Å². The summed E-state index contributed by atoms with van der Waals surface area (Å²) in [6, 6.07) is 3.74. The topological polar surface area (TPSA) is 40.9 Å². The molecule has 6 heteroatoms. The minimum atomic E-state index is -4.72. The maximum atomic E-state index is 12.8. The highest BCUT2D eigenvalue weighted by Gasteiger charge is 2.38. The summed E-state index contributed by atoms with van der Waals surface area (Å²) >= 11 is 2.82. The third-order valence-electron chi connectivity index (χ3n) is 2.11. The fourth-order valence-electron chi connectivity index (χ4n) is 1.47. The van der Waals surface area contributed by atoms with Crippen molar-refractivity contribution >= 4 is 21.7 Å². The lowest BCUT2D eigenvalue weighted by Gasteiger charge is -2.14. The standard InChI is InChI=1S/C11H7BrF3NO/c1-6-2-7(5-16)10(11(13,14)15)8(3-6)9(17)4-12/h2-3H,4H2,1H3. The van der Waals surface area contributed by atoms with Gasteiger partial charge in [0.2, 0.25) is 0 Å². The van der Waals surface area contributed by atoms with E-state index in [2.05, 4.69) is 15.9 Å². The molecule has 0 saturated carbocycles. The number of nitrogens with zero attached hydrogens (tertiary/aromatic N) is 1. The number of hydrogen-bond acceptors (Lipinski definition) is 2. The van der Waals surface area contributed by atoms with E-state index in [1.54, 1.807) is 0 Å². The lowest BCUT2D eigenvalue weighted by molar-refractivity contribution is -0.138. The van der Waals surface area contributed by atoms with E-state index in [9.17, 15) is 18.0 Å². The summed E-state index contributed by atoms with van der Waals surface area (Å²) in [7, 11) is 0. The van der Waals surface area contributed by atoms with E-state index in [-0.39, 0.29) is 5.33 Å². The molecule has 1 rings (SSSR count). The van der Waals surface area contributed by atoms with Gasteiger partial charge < -0.3 is 0 Å². The number of alkyl halides is 4. The summed E-state index contributed by atoms with van der Waals surface area (Å²) in [5.74, 6) is -0.697. The van der Waals surface area contributed by atoms with E-state index in [4.69, 9.17) is 5.26 Å². The van der Waals surface area contributed by atoms with E-state index >= 15 is 0 Å². The number of halogens is 4. The van der Waals surface area contributed by atoms with Gasteiger partial charge in [-0.1, -0.05) is 15.9 Å². The largest absolute Gasteiger partial charge is 0.418 e. The molecule has 1 aromatic carbocycles. The molecule has 0 unspecified atom stereocenters. The van der Waals surface area contributed by atoms with Crippen molar-refractivity contribution in [2.24, 2.45) is 0 Å². The number of nitriles is 1. The van der Waals surface area contributed by atoms with Crippen LogP contribution in [-0.4, -0.2) is 11.1 Å². The van der Waals surface area contributed by atoms with Crippen molar-refractivity contribution in [3.63, 3.8) is 0 Å². The Bertz CT molecular complexity index is 503. The maximum Gasteiger partial charge on any atom is 0.418 e. The molecule has 0 amide bonds. The highest BCUT2D eigenvalue weighted by atomic mass is 79.9. The van der Waals surface area contributed by atoms with E-state index in [0.29, 0.717) is 5.56 Å². The van der Waals surface area contributed by atoms with Gasteiger partial charge in [-0.3, -0.25) is 4.79 Å². The average molecular weight is 306 g/mol. The number of benzene rings is 1. The zero-order valence-electron chi connectivity index (χ0n) is 8.73. The van der Waals surface area contributed by atoms with Crippen LogP contribution < -0.4 is 0 Å². The maximum absolute atomic E-state index is 12.8. The molecule has 1 aromatic rings. The summed E-state index contributed by atoms with van der Waals surface area (Å²) in [5, 5.41) is 8.49. The molecule has 0 fully saturated rings. The van der Waals surface area contributed by atoms with Gasteiger partial charge in [0.1, 0.15) is 0 Å². The first-order chi connectivity index (χ1) is 7.81. The number of ketones is 1. The molecule has 0 saturated heterocycles. The quantitative estimate of drug-likeness (QED) is 0.620. The van der Waals surface area contributed by atoms with Crippen LogP contribution in [0.5, 0.6) is 0 Å². The van der Waals surface area contributed by atoms with Crippen LogP contribution in [0.25, 0.3) is 0 Å². The van der Waals surface area contributed by atoms with Crippen molar-refractivity contribution in [2.45, 2.75) is 13.1 Å². The van der Waals surface area contributed by atoms with Crippen LogP contribution in [0.1, 0.15) is 27.0 Å². The summed E-state index contributed by atoms with van der Waals surface area (Å²) in [4.78, 5) is 11.4. The lowest BCUT2D eigenvalue weighted by atomic mass is 9.96. The first-order valence-corrected chi connectivity index (χ1v) is 5.64.